The molecule has 0 saturated carbocycles. The molecule has 1 aromatic heterocycles. The van der Waals surface area contributed by atoms with Crippen LogP contribution >= 0.6 is 0 Å². The van der Waals surface area contributed by atoms with Crippen molar-refractivity contribution in [2.45, 2.75) is 19.9 Å². The third-order valence-electron chi connectivity index (χ3n) is 1.66. The number of hydrazine groups is 1. The Hall–Kier alpha value is -1.36. The molecular weight excluding hydrogens is 156 g/mol. The van der Waals surface area contributed by atoms with Crippen molar-refractivity contribution in [1.82, 2.24) is 15.0 Å². The summed E-state index contributed by atoms with van der Waals surface area (Å²) in [6.45, 7) is 2.51. The van der Waals surface area contributed by atoms with Gasteiger partial charge in [-0.2, -0.15) is 0 Å². The molecule has 5 nitrogen and oxygen atoms in total. The number of amides is 1. The summed E-state index contributed by atoms with van der Waals surface area (Å²) in [4.78, 5) is 14.8. The highest BCUT2D eigenvalue weighted by molar-refractivity contribution is 5.75. The average Bonchev–Trinajstić information content (AvgIpc) is 2.47. The highest BCUT2D eigenvalue weighted by atomic mass is 16.2. The molecule has 1 rings (SSSR count). The van der Waals surface area contributed by atoms with Gasteiger partial charge in [0.2, 0.25) is 5.91 Å². The van der Waals surface area contributed by atoms with E-state index in [1.807, 2.05) is 17.7 Å². The van der Waals surface area contributed by atoms with Crippen molar-refractivity contribution in [2.24, 2.45) is 5.84 Å². The number of aryl methyl sites for hydroxylation is 2. The van der Waals surface area contributed by atoms with E-state index in [4.69, 9.17) is 5.84 Å². The van der Waals surface area contributed by atoms with Crippen LogP contribution in [-0.4, -0.2) is 15.5 Å². The lowest BCUT2D eigenvalue weighted by Crippen LogP contribution is -2.30. The maximum Gasteiger partial charge on any atom is 0.235 e. The van der Waals surface area contributed by atoms with Gasteiger partial charge in [-0.1, -0.05) is 0 Å². The second-order valence-corrected chi connectivity index (χ2v) is 2.49. The van der Waals surface area contributed by atoms with E-state index in [2.05, 4.69) is 10.4 Å². The van der Waals surface area contributed by atoms with Crippen LogP contribution < -0.4 is 11.3 Å². The van der Waals surface area contributed by atoms with Gasteiger partial charge in [-0.3, -0.25) is 10.2 Å². The van der Waals surface area contributed by atoms with Crippen LogP contribution in [0.1, 0.15) is 12.2 Å². The molecule has 0 spiro atoms. The lowest BCUT2D eigenvalue weighted by molar-refractivity contribution is -0.121. The monoisotopic (exact) mass is 168 g/mol. The SMILES string of the molecule is Cc1nccn1CCC(=O)NN. The molecule has 0 aliphatic heterocycles. The first kappa shape index (κ1) is 8.73. The van der Waals surface area contributed by atoms with E-state index in [0.29, 0.717) is 13.0 Å². The van der Waals surface area contributed by atoms with Gasteiger partial charge in [0.15, 0.2) is 0 Å². The van der Waals surface area contributed by atoms with Crippen LogP contribution in [0.25, 0.3) is 0 Å². The van der Waals surface area contributed by atoms with Crippen molar-refractivity contribution in [2.75, 3.05) is 0 Å². The fraction of sp³-hybridized carbons (Fsp3) is 0.429. The van der Waals surface area contributed by atoms with E-state index in [1.54, 1.807) is 6.20 Å². The normalized spacial score (nSPS) is 9.83. The number of aromatic nitrogens is 2. The number of hydrogen-bond donors (Lipinski definition) is 2. The molecule has 1 aromatic rings. The Morgan fingerprint density at radius 2 is 2.58 bits per heavy atom. The fourth-order valence-electron chi connectivity index (χ4n) is 0.934. The van der Waals surface area contributed by atoms with Gasteiger partial charge in [0.05, 0.1) is 0 Å². The molecule has 0 aliphatic rings. The summed E-state index contributed by atoms with van der Waals surface area (Å²) in [5.74, 6) is 5.66. The van der Waals surface area contributed by atoms with Gasteiger partial charge in [0.25, 0.3) is 0 Å². The summed E-state index contributed by atoms with van der Waals surface area (Å²) < 4.78 is 1.90. The quantitative estimate of drug-likeness (QED) is 0.365. The van der Waals surface area contributed by atoms with E-state index in [9.17, 15) is 4.79 Å². The number of imidazole rings is 1. The zero-order valence-corrected chi connectivity index (χ0v) is 6.95. The average molecular weight is 168 g/mol. The third-order valence-corrected chi connectivity index (χ3v) is 1.66. The minimum absolute atomic E-state index is 0.164. The molecule has 1 amide bonds. The molecule has 3 N–H and O–H groups in total. The Morgan fingerprint density at radius 1 is 1.83 bits per heavy atom. The predicted molar refractivity (Wildman–Crippen MR) is 43.9 cm³/mol. The predicted octanol–water partition coefficient (Wildman–Crippen LogP) is -0.428. The first-order valence-electron chi connectivity index (χ1n) is 3.71. The molecule has 0 bridgehead atoms. The molecule has 1 heterocycles. The van der Waals surface area contributed by atoms with Crippen LogP contribution in [-0.2, 0) is 11.3 Å². The van der Waals surface area contributed by atoms with E-state index in [1.165, 1.54) is 0 Å². The lowest BCUT2D eigenvalue weighted by Gasteiger charge is -2.02. The molecule has 12 heavy (non-hydrogen) atoms. The molecule has 0 fully saturated rings. The van der Waals surface area contributed by atoms with Gasteiger partial charge in [-0.15, -0.1) is 0 Å². The first-order valence-corrected chi connectivity index (χ1v) is 3.71. The summed E-state index contributed by atoms with van der Waals surface area (Å²) in [5, 5.41) is 0. The Balaban J connectivity index is 2.43. The van der Waals surface area contributed by atoms with Crippen molar-refractivity contribution in [3.05, 3.63) is 18.2 Å². The second kappa shape index (κ2) is 3.87. The molecule has 0 atom stereocenters. The largest absolute Gasteiger partial charge is 0.335 e. The standard InChI is InChI=1S/C7H12N4O/c1-6-9-3-5-11(6)4-2-7(12)10-8/h3,5H,2,4,8H2,1H3,(H,10,12). The van der Waals surface area contributed by atoms with Gasteiger partial charge >= 0.3 is 0 Å². The maximum absolute atomic E-state index is 10.7. The van der Waals surface area contributed by atoms with Gasteiger partial charge < -0.3 is 4.57 Å². The first-order chi connectivity index (χ1) is 5.74. The van der Waals surface area contributed by atoms with E-state index >= 15 is 0 Å². The highest BCUT2D eigenvalue weighted by Crippen LogP contribution is 1.96. The van der Waals surface area contributed by atoms with Gasteiger partial charge in [-0.25, -0.2) is 10.8 Å². The van der Waals surface area contributed by atoms with Crippen LogP contribution in [0.5, 0.6) is 0 Å². The fourth-order valence-corrected chi connectivity index (χ4v) is 0.934. The number of carbonyl (C=O) groups is 1. The number of rotatable bonds is 3. The highest BCUT2D eigenvalue weighted by Gasteiger charge is 2.00. The molecule has 66 valence electrons. The number of nitrogens with zero attached hydrogens (tertiary/aromatic N) is 2. The Kier molecular flexibility index (Phi) is 2.82. The van der Waals surface area contributed by atoms with Crippen molar-refractivity contribution in [3.63, 3.8) is 0 Å². The smallest absolute Gasteiger partial charge is 0.235 e. The van der Waals surface area contributed by atoms with Gasteiger partial charge in [0.1, 0.15) is 5.82 Å². The zero-order valence-electron chi connectivity index (χ0n) is 6.95. The zero-order chi connectivity index (χ0) is 8.97. The topological polar surface area (TPSA) is 72.9 Å². The minimum Gasteiger partial charge on any atom is -0.335 e. The van der Waals surface area contributed by atoms with Crippen LogP contribution in [0.4, 0.5) is 0 Å². The third kappa shape index (κ3) is 2.06. The van der Waals surface area contributed by atoms with Gasteiger partial charge in [-0.05, 0) is 6.92 Å². The Morgan fingerprint density at radius 3 is 3.08 bits per heavy atom. The second-order valence-electron chi connectivity index (χ2n) is 2.49. The molecule has 0 radical (unpaired) electrons. The minimum atomic E-state index is -0.164. The maximum atomic E-state index is 10.7. The van der Waals surface area contributed by atoms with E-state index in [0.717, 1.165) is 5.82 Å². The summed E-state index contributed by atoms with van der Waals surface area (Å²) in [7, 11) is 0. The molecule has 5 heteroatoms. The van der Waals surface area contributed by atoms with E-state index in [-0.39, 0.29) is 5.91 Å². The number of carbonyl (C=O) groups excluding carboxylic acids is 1. The molecule has 0 aromatic carbocycles. The van der Waals surface area contributed by atoms with E-state index < -0.39 is 0 Å². The van der Waals surface area contributed by atoms with Gasteiger partial charge in [0, 0.05) is 25.4 Å². The lowest BCUT2D eigenvalue weighted by atomic mass is 10.4. The van der Waals surface area contributed by atoms with Crippen molar-refractivity contribution in [1.29, 1.82) is 0 Å². The Labute approximate surface area is 70.6 Å². The summed E-state index contributed by atoms with van der Waals surface area (Å²) in [5.41, 5.74) is 2.07. The Bertz CT molecular complexity index is 268. The van der Waals surface area contributed by atoms with Crippen LogP contribution in [0, 0.1) is 6.92 Å². The number of nitrogens with one attached hydrogen (secondary N) is 1. The summed E-state index contributed by atoms with van der Waals surface area (Å²) >= 11 is 0. The number of hydrogen-bond acceptors (Lipinski definition) is 3. The van der Waals surface area contributed by atoms with Crippen molar-refractivity contribution < 1.29 is 4.79 Å². The molecule has 0 saturated heterocycles. The summed E-state index contributed by atoms with van der Waals surface area (Å²) in [6, 6.07) is 0. The number of nitrogens with two attached hydrogens (primary N) is 1. The molecule has 0 aliphatic carbocycles. The van der Waals surface area contributed by atoms with Crippen LogP contribution in [0.3, 0.4) is 0 Å². The van der Waals surface area contributed by atoms with Crippen molar-refractivity contribution >= 4 is 5.91 Å². The van der Waals surface area contributed by atoms with Crippen LogP contribution in [0.2, 0.25) is 0 Å². The molecule has 0 unspecified atom stereocenters. The van der Waals surface area contributed by atoms with Crippen molar-refractivity contribution in [3.8, 4) is 0 Å². The molecular formula is C7H12N4O. The summed E-state index contributed by atoms with van der Waals surface area (Å²) in [6.07, 6.45) is 3.92. The van der Waals surface area contributed by atoms with Crippen LogP contribution in [0.15, 0.2) is 12.4 Å².